The Morgan fingerprint density at radius 3 is 0.357 bits per heavy atom. The Morgan fingerprint density at radius 2 is 0.255 bits per heavy atom. The summed E-state index contributed by atoms with van der Waals surface area (Å²) in [6, 6.07) is 0. The molecule has 0 radical (unpaired) electrons. The van der Waals surface area contributed by atoms with Crippen molar-refractivity contribution in [3.63, 3.8) is 0 Å². The standard InChI is InChI=1S/C90H172O8/c1-5-9-13-17-21-25-29-33-37-41-45-49-53-57-61-65-69-73-77-95-87(91)83-81-85(89(93)97-79-75-71-67-63-59-55-51-47-43-39-35-31-27-23-19-15-11-7-3)86(90(94)98-80-76-72-68-64-60-56-52-48-44-40-36-32-28-24-20-16-12-8-4)82-84(83)88(92)96-78-74-70-66-62-58-54-50-46-42-38-34-30-26-22-18-14-10-6-2/h83-86H,5-82H2,1-4H3. The lowest BCUT2D eigenvalue weighted by atomic mass is 9.68. The zero-order valence-electron chi connectivity index (χ0n) is 66.7. The van der Waals surface area contributed by atoms with Crippen molar-refractivity contribution in [2.75, 3.05) is 26.4 Å². The first-order chi connectivity index (χ1) is 48.4. The van der Waals surface area contributed by atoms with Gasteiger partial charge < -0.3 is 18.9 Å². The van der Waals surface area contributed by atoms with E-state index >= 15 is 0 Å². The molecule has 0 aliphatic heterocycles. The Kier molecular flexibility index (Phi) is 74.2. The third kappa shape index (κ3) is 62.4. The molecule has 0 N–H and O–H groups in total. The maximum absolute atomic E-state index is 14.3. The van der Waals surface area contributed by atoms with Crippen LogP contribution in [0.15, 0.2) is 0 Å². The highest BCUT2D eigenvalue weighted by Gasteiger charge is 2.51. The molecule has 1 aliphatic rings. The molecule has 1 aliphatic carbocycles. The number of carbonyl (C=O) groups is 4. The van der Waals surface area contributed by atoms with Crippen molar-refractivity contribution in [2.45, 2.75) is 503 Å². The van der Waals surface area contributed by atoms with E-state index in [2.05, 4.69) is 27.7 Å². The predicted molar refractivity (Wildman–Crippen MR) is 422 cm³/mol. The minimum atomic E-state index is -0.889. The highest BCUT2D eigenvalue weighted by molar-refractivity contribution is 5.87. The minimum Gasteiger partial charge on any atom is -0.465 e. The SMILES string of the molecule is CCCCCCCCCCCCCCCCCCCCOC(=O)C1CC(C(=O)OCCCCCCCCCCCCCCCCCCCC)C(C(=O)OCCCCCCCCCCCCCCCCCCCC)CC1C(=O)OCCCCCCCCCCCCCCCCCCCC. The smallest absolute Gasteiger partial charge is 0.309 e. The van der Waals surface area contributed by atoms with Gasteiger partial charge in [-0.15, -0.1) is 0 Å². The number of carbonyl (C=O) groups excluding carboxylic acids is 4. The van der Waals surface area contributed by atoms with E-state index in [1.54, 1.807) is 0 Å². The van der Waals surface area contributed by atoms with E-state index in [0.29, 0.717) is 0 Å². The van der Waals surface area contributed by atoms with E-state index in [-0.39, 0.29) is 39.3 Å². The Bertz CT molecular complexity index is 1410. The molecule has 1 rings (SSSR count). The number of ether oxygens (including phenoxy) is 4. The van der Waals surface area contributed by atoms with Crippen LogP contribution < -0.4 is 0 Å². The van der Waals surface area contributed by atoms with E-state index in [0.717, 1.165) is 77.0 Å². The fraction of sp³-hybridized carbons (Fsp3) is 0.956. The summed E-state index contributed by atoms with van der Waals surface area (Å²) in [6.45, 7) is 10.3. The summed E-state index contributed by atoms with van der Waals surface area (Å²) in [5.74, 6) is -5.39. The fourth-order valence-electron chi connectivity index (χ4n) is 15.4. The largest absolute Gasteiger partial charge is 0.465 e. The Hall–Kier alpha value is -2.12. The van der Waals surface area contributed by atoms with E-state index < -0.39 is 47.5 Å². The number of hydrogen-bond donors (Lipinski definition) is 0. The van der Waals surface area contributed by atoms with Crippen molar-refractivity contribution in [2.24, 2.45) is 23.7 Å². The highest BCUT2D eigenvalue weighted by atomic mass is 16.5. The Balaban J connectivity index is 2.82. The van der Waals surface area contributed by atoms with Gasteiger partial charge in [-0.2, -0.15) is 0 Å². The van der Waals surface area contributed by atoms with Gasteiger partial charge in [0.15, 0.2) is 0 Å². The molecule has 0 aromatic heterocycles. The molecule has 0 spiro atoms. The van der Waals surface area contributed by atoms with Crippen molar-refractivity contribution in [1.82, 2.24) is 0 Å². The fourth-order valence-corrected chi connectivity index (χ4v) is 15.4. The van der Waals surface area contributed by atoms with Crippen LogP contribution in [0.5, 0.6) is 0 Å². The highest BCUT2D eigenvalue weighted by Crippen LogP contribution is 2.41. The minimum absolute atomic E-state index is 0.0217. The number of rotatable bonds is 80. The molecule has 0 saturated heterocycles. The molecule has 8 nitrogen and oxygen atoms in total. The maximum Gasteiger partial charge on any atom is 0.309 e. The average molecular weight is 1380 g/mol. The molecule has 0 heterocycles. The second-order valence-electron chi connectivity index (χ2n) is 31.6. The molecule has 0 aromatic rings. The molecular formula is C90H172O8. The molecule has 0 bridgehead atoms. The van der Waals surface area contributed by atoms with Gasteiger partial charge in [0, 0.05) is 0 Å². The Labute approximate surface area is 611 Å². The van der Waals surface area contributed by atoms with Gasteiger partial charge in [0.1, 0.15) is 0 Å². The topological polar surface area (TPSA) is 105 Å². The van der Waals surface area contributed by atoms with Crippen molar-refractivity contribution >= 4 is 23.9 Å². The first kappa shape index (κ1) is 93.9. The Morgan fingerprint density at radius 1 is 0.163 bits per heavy atom. The van der Waals surface area contributed by atoms with Gasteiger partial charge in [-0.3, -0.25) is 19.2 Å². The summed E-state index contributed by atoms with van der Waals surface area (Å²) in [5.41, 5.74) is 0. The third-order valence-corrected chi connectivity index (χ3v) is 22.2. The van der Waals surface area contributed by atoms with Crippen LogP contribution in [0.1, 0.15) is 503 Å². The summed E-state index contributed by atoms with van der Waals surface area (Å²) < 4.78 is 24.1. The number of hydrogen-bond acceptors (Lipinski definition) is 8. The van der Waals surface area contributed by atoms with Crippen molar-refractivity contribution in [3.05, 3.63) is 0 Å². The first-order valence-electron chi connectivity index (χ1n) is 45.1. The van der Waals surface area contributed by atoms with Crippen LogP contribution in [-0.4, -0.2) is 50.3 Å². The quantitative estimate of drug-likeness (QED) is 0.0337. The maximum atomic E-state index is 14.3. The van der Waals surface area contributed by atoms with Crippen LogP contribution in [-0.2, 0) is 38.1 Å². The van der Waals surface area contributed by atoms with E-state index in [9.17, 15) is 19.2 Å². The van der Waals surface area contributed by atoms with Crippen molar-refractivity contribution in [3.8, 4) is 0 Å². The summed E-state index contributed by atoms with van der Waals surface area (Å²) in [6.07, 6.45) is 92.8. The summed E-state index contributed by atoms with van der Waals surface area (Å²) in [7, 11) is 0. The van der Waals surface area contributed by atoms with Gasteiger partial charge in [-0.05, 0) is 38.5 Å². The van der Waals surface area contributed by atoms with Crippen LogP contribution in [0, 0.1) is 23.7 Å². The lowest BCUT2D eigenvalue weighted by molar-refractivity contribution is -0.175. The van der Waals surface area contributed by atoms with Gasteiger partial charge in [-0.25, -0.2) is 0 Å². The molecule has 8 heteroatoms. The van der Waals surface area contributed by atoms with E-state index in [1.165, 1.54) is 385 Å². The van der Waals surface area contributed by atoms with Gasteiger partial charge in [0.25, 0.3) is 0 Å². The number of unbranched alkanes of at least 4 members (excludes halogenated alkanes) is 68. The van der Waals surface area contributed by atoms with Gasteiger partial charge >= 0.3 is 23.9 Å². The van der Waals surface area contributed by atoms with Crippen molar-refractivity contribution in [1.29, 1.82) is 0 Å². The lowest BCUT2D eigenvalue weighted by Gasteiger charge is -2.37. The van der Waals surface area contributed by atoms with Gasteiger partial charge in [-0.1, -0.05) is 464 Å². The molecule has 4 unspecified atom stereocenters. The second kappa shape index (κ2) is 77.5. The summed E-state index contributed by atoms with van der Waals surface area (Å²) >= 11 is 0. The van der Waals surface area contributed by atoms with Crippen LogP contribution in [0.4, 0.5) is 0 Å². The molecule has 0 aromatic carbocycles. The van der Waals surface area contributed by atoms with Crippen LogP contribution in [0.2, 0.25) is 0 Å². The first-order valence-corrected chi connectivity index (χ1v) is 45.1. The summed E-state index contributed by atoms with van der Waals surface area (Å²) in [5, 5.41) is 0. The van der Waals surface area contributed by atoms with Crippen molar-refractivity contribution < 1.29 is 38.1 Å². The van der Waals surface area contributed by atoms with Crippen LogP contribution in [0.25, 0.3) is 0 Å². The molecule has 1 fully saturated rings. The van der Waals surface area contributed by atoms with E-state index in [1.807, 2.05) is 0 Å². The molecule has 0 amide bonds. The molecule has 98 heavy (non-hydrogen) atoms. The molecule has 1 saturated carbocycles. The third-order valence-electron chi connectivity index (χ3n) is 22.2. The zero-order valence-corrected chi connectivity index (χ0v) is 66.7. The zero-order chi connectivity index (χ0) is 70.6. The monoisotopic (exact) mass is 1380 g/mol. The van der Waals surface area contributed by atoms with E-state index in [4.69, 9.17) is 18.9 Å². The molecular weight excluding hydrogens is 1210 g/mol. The predicted octanol–water partition coefficient (Wildman–Crippen LogP) is 29.6. The molecule has 580 valence electrons. The van der Waals surface area contributed by atoms with Gasteiger partial charge in [0.2, 0.25) is 0 Å². The summed E-state index contributed by atoms with van der Waals surface area (Å²) in [4.78, 5) is 57.2. The van der Waals surface area contributed by atoms with Crippen LogP contribution in [0.3, 0.4) is 0 Å². The second-order valence-corrected chi connectivity index (χ2v) is 31.6. The molecule has 4 atom stereocenters. The van der Waals surface area contributed by atoms with Crippen LogP contribution >= 0.6 is 0 Å². The average Bonchev–Trinajstić information content (AvgIpc) is 0.789. The van der Waals surface area contributed by atoms with Gasteiger partial charge in [0.05, 0.1) is 50.1 Å². The normalized spacial score (nSPS) is 15.5. The lowest BCUT2D eigenvalue weighted by Crippen LogP contribution is -2.46. The number of esters is 4.